The van der Waals surface area contributed by atoms with Crippen molar-refractivity contribution in [1.29, 1.82) is 0 Å². The van der Waals surface area contributed by atoms with Gasteiger partial charge in [0, 0.05) is 37.7 Å². The number of hydrogen-bond donors (Lipinski definition) is 0. The highest BCUT2D eigenvalue weighted by Crippen LogP contribution is 2.17. The van der Waals surface area contributed by atoms with E-state index in [0.29, 0.717) is 0 Å². The molecule has 1 aliphatic rings. The molecule has 0 unspecified atom stereocenters. The van der Waals surface area contributed by atoms with E-state index in [2.05, 4.69) is 22.5 Å². The van der Waals surface area contributed by atoms with Crippen LogP contribution in [0.25, 0.3) is 0 Å². The van der Waals surface area contributed by atoms with Gasteiger partial charge in [0.2, 0.25) is 0 Å². The van der Waals surface area contributed by atoms with E-state index in [0.717, 1.165) is 0 Å². The molecule has 2 nitrogen and oxygen atoms in total. The van der Waals surface area contributed by atoms with Crippen molar-refractivity contribution in [1.82, 2.24) is 8.61 Å². The van der Waals surface area contributed by atoms with Gasteiger partial charge in [0.1, 0.15) is 0 Å². The average Bonchev–Trinajstić information content (AvgIpc) is 2.09. The van der Waals surface area contributed by atoms with Crippen LogP contribution in [-0.2, 0) is 0 Å². The highest BCUT2D eigenvalue weighted by molar-refractivity contribution is 7.97. The molecule has 1 heterocycles. The number of piperazine rings is 1. The second-order valence-corrected chi connectivity index (χ2v) is 5.40. The molecule has 0 aliphatic carbocycles. The van der Waals surface area contributed by atoms with Crippen molar-refractivity contribution in [2.75, 3.05) is 37.7 Å². The monoisotopic (exact) mass is 206 g/mol. The Morgan fingerprint density at radius 2 is 1.17 bits per heavy atom. The van der Waals surface area contributed by atoms with Gasteiger partial charge in [-0.25, -0.2) is 8.61 Å². The SMILES string of the molecule is CCSN1CCN(SCC)CC1. The first kappa shape index (κ1) is 10.7. The van der Waals surface area contributed by atoms with Crippen LogP contribution in [0.1, 0.15) is 13.8 Å². The van der Waals surface area contributed by atoms with Gasteiger partial charge < -0.3 is 0 Å². The highest BCUT2D eigenvalue weighted by atomic mass is 32.2. The van der Waals surface area contributed by atoms with E-state index in [1.807, 2.05) is 23.9 Å². The van der Waals surface area contributed by atoms with Crippen LogP contribution in [0.5, 0.6) is 0 Å². The Hall–Kier alpha value is 0.620. The van der Waals surface area contributed by atoms with Gasteiger partial charge in [0.15, 0.2) is 0 Å². The number of nitrogens with zero attached hydrogens (tertiary/aromatic N) is 2. The molecule has 1 aliphatic heterocycles. The quantitative estimate of drug-likeness (QED) is 0.648. The fraction of sp³-hybridized carbons (Fsp3) is 1.00. The lowest BCUT2D eigenvalue weighted by Crippen LogP contribution is -2.40. The molecule has 0 radical (unpaired) electrons. The maximum absolute atomic E-state index is 2.48. The summed E-state index contributed by atoms with van der Waals surface area (Å²) >= 11 is 3.94. The Kier molecular flexibility index (Phi) is 5.47. The van der Waals surface area contributed by atoms with E-state index >= 15 is 0 Å². The number of rotatable bonds is 4. The van der Waals surface area contributed by atoms with Crippen LogP contribution in [-0.4, -0.2) is 46.3 Å². The first-order valence-corrected chi connectivity index (χ1v) is 6.51. The maximum atomic E-state index is 2.48. The summed E-state index contributed by atoms with van der Waals surface area (Å²) in [6.45, 7) is 9.35. The van der Waals surface area contributed by atoms with Gasteiger partial charge in [-0.3, -0.25) is 0 Å². The second-order valence-electron chi connectivity index (χ2n) is 2.69. The van der Waals surface area contributed by atoms with Gasteiger partial charge in [-0.1, -0.05) is 37.7 Å². The van der Waals surface area contributed by atoms with Gasteiger partial charge in [-0.15, -0.1) is 0 Å². The van der Waals surface area contributed by atoms with E-state index in [1.54, 1.807) is 0 Å². The highest BCUT2D eigenvalue weighted by Gasteiger charge is 2.15. The molecular formula is C8H18N2S2. The van der Waals surface area contributed by atoms with Crippen molar-refractivity contribution in [3.63, 3.8) is 0 Å². The summed E-state index contributed by atoms with van der Waals surface area (Å²) in [4.78, 5) is 0. The van der Waals surface area contributed by atoms with Crippen LogP contribution >= 0.6 is 23.9 Å². The summed E-state index contributed by atoms with van der Waals surface area (Å²) in [5, 5.41) is 0. The normalized spacial score (nSPS) is 21.5. The summed E-state index contributed by atoms with van der Waals surface area (Å²) in [5.41, 5.74) is 0. The molecule has 0 amide bonds. The Morgan fingerprint density at radius 3 is 1.42 bits per heavy atom. The molecule has 4 heteroatoms. The molecule has 1 fully saturated rings. The fourth-order valence-corrected chi connectivity index (χ4v) is 2.87. The largest absolute Gasteiger partial charge is 0.248 e. The minimum Gasteiger partial charge on any atom is -0.248 e. The minimum atomic E-state index is 1.21. The molecule has 0 saturated carbocycles. The molecular weight excluding hydrogens is 188 g/mol. The molecule has 0 aromatic rings. The molecule has 72 valence electrons. The van der Waals surface area contributed by atoms with Crippen LogP contribution < -0.4 is 0 Å². The summed E-state index contributed by atoms with van der Waals surface area (Å²) in [6.07, 6.45) is 0. The Labute approximate surface area is 84.3 Å². The molecule has 12 heavy (non-hydrogen) atoms. The fourth-order valence-electron chi connectivity index (χ4n) is 1.29. The van der Waals surface area contributed by atoms with Crippen LogP contribution in [0.2, 0.25) is 0 Å². The summed E-state index contributed by atoms with van der Waals surface area (Å²) in [7, 11) is 0. The van der Waals surface area contributed by atoms with Crippen LogP contribution in [0.4, 0.5) is 0 Å². The number of hydrogen-bond acceptors (Lipinski definition) is 4. The van der Waals surface area contributed by atoms with Crippen molar-refractivity contribution < 1.29 is 0 Å². The lowest BCUT2D eigenvalue weighted by Gasteiger charge is -2.32. The molecule has 0 aromatic heterocycles. The van der Waals surface area contributed by atoms with E-state index in [-0.39, 0.29) is 0 Å². The van der Waals surface area contributed by atoms with Gasteiger partial charge in [0.05, 0.1) is 0 Å². The third-order valence-corrected chi connectivity index (χ3v) is 3.80. The zero-order valence-electron chi connectivity index (χ0n) is 7.95. The summed E-state index contributed by atoms with van der Waals surface area (Å²) in [5.74, 6) is 2.42. The van der Waals surface area contributed by atoms with E-state index in [1.165, 1.54) is 37.7 Å². The molecule has 0 atom stereocenters. The Balaban J connectivity index is 2.11. The second kappa shape index (κ2) is 6.13. The van der Waals surface area contributed by atoms with Crippen molar-refractivity contribution in [2.45, 2.75) is 13.8 Å². The van der Waals surface area contributed by atoms with Crippen LogP contribution in [0, 0.1) is 0 Å². The Bertz CT molecular complexity index is 99.6. The van der Waals surface area contributed by atoms with E-state index in [9.17, 15) is 0 Å². The third kappa shape index (κ3) is 3.56. The zero-order chi connectivity index (χ0) is 8.81. The van der Waals surface area contributed by atoms with Gasteiger partial charge >= 0.3 is 0 Å². The molecule has 0 bridgehead atoms. The van der Waals surface area contributed by atoms with Gasteiger partial charge in [0.25, 0.3) is 0 Å². The van der Waals surface area contributed by atoms with Gasteiger partial charge in [-0.05, 0) is 0 Å². The van der Waals surface area contributed by atoms with Crippen LogP contribution in [0.3, 0.4) is 0 Å². The lowest BCUT2D eigenvalue weighted by atomic mass is 10.4. The molecule has 1 rings (SSSR count). The lowest BCUT2D eigenvalue weighted by molar-refractivity contribution is 0.309. The molecule has 0 spiro atoms. The predicted octanol–water partition coefficient (Wildman–Crippen LogP) is 1.94. The van der Waals surface area contributed by atoms with E-state index < -0.39 is 0 Å². The predicted molar refractivity (Wildman–Crippen MR) is 59.4 cm³/mol. The van der Waals surface area contributed by atoms with Crippen LogP contribution in [0.15, 0.2) is 0 Å². The van der Waals surface area contributed by atoms with Crippen molar-refractivity contribution in [3.05, 3.63) is 0 Å². The molecule has 0 N–H and O–H groups in total. The first-order chi connectivity index (χ1) is 5.86. The van der Waals surface area contributed by atoms with Crippen molar-refractivity contribution in [2.24, 2.45) is 0 Å². The van der Waals surface area contributed by atoms with Crippen molar-refractivity contribution in [3.8, 4) is 0 Å². The zero-order valence-corrected chi connectivity index (χ0v) is 9.59. The summed E-state index contributed by atoms with van der Waals surface area (Å²) < 4.78 is 4.96. The average molecular weight is 206 g/mol. The smallest absolute Gasteiger partial charge is 0.0227 e. The molecule has 1 saturated heterocycles. The topological polar surface area (TPSA) is 6.48 Å². The summed E-state index contributed by atoms with van der Waals surface area (Å²) in [6, 6.07) is 0. The maximum Gasteiger partial charge on any atom is 0.0227 e. The van der Waals surface area contributed by atoms with E-state index in [4.69, 9.17) is 0 Å². The first-order valence-electron chi connectivity index (χ1n) is 4.62. The minimum absolute atomic E-state index is 1.21. The third-order valence-electron chi connectivity index (χ3n) is 1.82. The standard InChI is InChI=1S/C8H18N2S2/c1-3-11-9-5-7-10(8-6-9)12-4-2/h3-8H2,1-2H3. The molecule has 0 aromatic carbocycles. The van der Waals surface area contributed by atoms with Crippen molar-refractivity contribution >= 4 is 23.9 Å². The van der Waals surface area contributed by atoms with Gasteiger partial charge in [-0.2, -0.15) is 0 Å². The Morgan fingerprint density at radius 1 is 0.833 bits per heavy atom.